The monoisotopic (exact) mass is 595 g/mol. The summed E-state index contributed by atoms with van der Waals surface area (Å²) in [5.41, 5.74) is 6.30. The van der Waals surface area contributed by atoms with Crippen molar-refractivity contribution in [2.45, 2.75) is 6.42 Å². The summed E-state index contributed by atoms with van der Waals surface area (Å²) >= 11 is 20.3. The second-order valence-electron chi connectivity index (χ2n) is 7.05. The summed E-state index contributed by atoms with van der Waals surface area (Å²) in [6.07, 6.45) is 0.763. The molecule has 3 rings (SSSR count). The third-order valence-corrected chi connectivity index (χ3v) is 5.83. The molecule has 0 radical (unpaired) electrons. The summed E-state index contributed by atoms with van der Waals surface area (Å²) in [5.74, 6) is -0.0729. The van der Waals surface area contributed by atoms with Crippen molar-refractivity contribution in [3.05, 3.63) is 92.4 Å². The minimum atomic E-state index is -0.535. The average molecular weight is 597 g/mol. The topological polar surface area (TPSA) is 88.7 Å². The zero-order valence-corrected chi connectivity index (χ0v) is 22.1. The molecule has 0 saturated carbocycles. The molecule has 0 aliphatic heterocycles. The van der Waals surface area contributed by atoms with Gasteiger partial charge in [0.25, 0.3) is 11.8 Å². The molecule has 11 heteroatoms. The van der Waals surface area contributed by atoms with Crippen molar-refractivity contribution in [2.24, 2.45) is 0 Å². The van der Waals surface area contributed by atoms with Crippen LogP contribution in [0.5, 0.6) is 11.5 Å². The zero-order valence-electron chi connectivity index (χ0n) is 18.1. The van der Waals surface area contributed by atoms with E-state index in [0.29, 0.717) is 33.2 Å². The van der Waals surface area contributed by atoms with Gasteiger partial charge in [-0.2, -0.15) is 0 Å². The summed E-state index contributed by atoms with van der Waals surface area (Å²) in [5, 5.41) is 3.12. The van der Waals surface area contributed by atoms with E-state index in [1.54, 1.807) is 30.3 Å². The highest BCUT2D eigenvalue weighted by molar-refractivity contribution is 9.10. The van der Waals surface area contributed by atoms with Crippen molar-refractivity contribution in [3.8, 4) is 11.5 Å². The average Bonchev–Trinajstić information content (AvgIpc) is 2.83. The highest BCUT2D eigenvalue weighted by Gasteiger charge is 2.12. The van der Waals surface area contributed by atoms with Crippen LogP contribution in [0, 0.1) is 0 Å². The summed E-state index contributed by atoms with van der Waals surface area (Å²) in [6.45, 7) is 0.166. The van der Waals surface area contributed by atoms with E-state index in [1.807, 2.05) is 30.3 Å². The van der Waals surface area contributed by atoms with E-state index >= 15 is 0 Å². The fourth-order valence-corrected chi connectivity index (χ4v) is 3.89. The highest BCUT2D eigenvalue weighted by atomic mass is 79.9. The molecule has 3 aromatic carbocycles. The van der Waals surface area contributed by atoms with Crippen molar-refractivity contribution < 1.29 is 19.1 Å². The molecule has 3 aromatic rings. The number of nitrogens with one attached hydrogen (secondary N) is 3. The first kappa shape index (κ1) is 26.7. The van der Waals surface area contributed by atoms with Gasteiger partial charge in [-0.15, -0.1) is 0 Å². The SMILES string of the molecule is O=C(COc1ccc(Cl)cc1Cl)NNC(=S)NC(=O)c1ccc(OCCc2ccccc2)c(Br)c1. The molecule has 0 spiro atoms. The number of amides is 2. The van der Waals surface area contributed by atoms with Crippen LogP contribution in [0.25, 0.3) is 0 Å². The first-order chi connectivity index (χ1) is 16.8. The second-order valence-corrected chi connectivity index (χ2v) is 9.16. The Morgan fingerprint density at radius 2 is 1.66 bits per heavy atom. The lowest BCUT2D eigenvalue weighted by Crippen LogP contribution is -2.49. The number of carbonyl (C=O) groups excluding carboxylic acids is 2. The number of carbonyl (C=O) groups is 2. The van der Waals surface area contributed by atoms with Crippen LogP contribution in [0.15, 0.2) is 71.2 Å². The van der Waals surface area contributed by atoms with Gasteiger partial charge in [0, 0.05) is 17.0 Å². The number of halogens is 3. The van der Waals surface area contributed by atoms with Crippen LogP contribution in [-0.2, 0) is 11.2 Å². The molecule has 0 bridgehead atoms. The fraction of sp³-hybridized carbons (Fsp3) is 0.125. The quantitative estimate of drug-likeness (QED) is 0.248. The third kappa shape index (κ3) is 8.70. The van der Waals surface area contributed by atoms with Gasteiger partial charge in [0.1, 0.15) is 11.5 Å². The van der Waals surface area contributed by atoms with Gasteiger partial charge < -0.3 is 9.47 Å². The summed E-state index contributed by atoms with van der Waals surface area (Å²) in [4.78, 5) is 24.4. The Bertz CT molecular complexity index is 1210. The van der Waals surface area contributed by atoms with E-state index in [2.05, 4.69) is 32.1 Å². The third-order valence-electron chi connectivity index (χ3n) is 4.48. The Hall–Kier alpha value is -2.85. The molecule has 0 atom stereocenters. The minimum absolute atomic E-state index is 0.0906. The molecule has 182 valence electrons. The molecular formula is C24H20BrCl2N3O4S. The molecule has 0 unspecified atom stereocenters. The predicted octanol–water partition coefficient (Wildman–Crippen LogP) is 5.09. The van der Waals surface area contributed by atoms with E-state index in [0.717, 1.165) is 6.42 Å². The van der Waals surface area contributed by atoms with Gasteiger partial charge in [0.15, 0.2) is 11.7 Å². The van der Waals surface area contributed by atoms with Gasteiger partial charge in [-0.1, -0.05) is 53.5 Å². The number of hydrogen-bond donors (Lipinski definition) is 3. The van der Waals surface area contributed by atoms with Crippen molar-refractivity contribution >= 4 is 68.3 Å². The van der Waals surface area contributed by atoms with Crippen molar-refractivity contribution in [2.75, 3.05) is 13.2 Å². The number of thiocarbonyl (C=S) groups is 1. The highest BCUT2D eigenvalue weighted by Crippen LogP contribution is 2.27. The first-order valence-electron chi connectivity index (χ1n) is 10.3. The number of rotatable bonds is 8. The van der Waals surface area contributed by atoms with Gasteiger partial charge in [-0.25, -0.2) is 0 Å². The standard InChI is InChI=1S/C24H20BrCl2N3O4S/c25-18-12-16(6-8-20(18)33-11-10-15-4-2-1-3-5-15)23(32)28-24(35)30-29-22(31)14-34-21-9-7-17(26)13-19(21)27/h1-9,12-13H,10-11,14H2,(H,29,31)(H2,28,30,32,35). The molecule has 0 saturated heterocycles. The van der Waals surface area contributed by atoms with E-state index < -0.39 is 11.8 Å². The number of hydrazine groups is 1. The first-order valence-corrected chi connectivity index (χ1v) is 12.2. The Balaban J connectivity index is 1.41. The second kappa shape index (κ2) is 13.3. The molecule has 2 amide bonds. The van der Waals surface area contributed by atoms with Crippen molar-refractivity contribution in [3.63, 3.8) is 0 Å². The lowest BCUT2D eigenvalue weighted by molar-refractivity contribution is -0.123. The molecular weight excluding hydrogens is 577 g/mol. The molecule has 0 heterocycles. The van der Waals surface area contributed by atoms with Crippen molar-refractivity contribution in [1.82, 2.24) is 16.2 Å². The number of hydrogen-bond acceptors (Lipinski definition) is 5. The maximum atomic E-state index is 12.5. The Labute approximate surface area is 226 Å². The molecule has 0 aromatic heterocycles. The maximum absolute atomic E-state index is 12.5. The fourth-order valence-electron chi connectivity index (χ4n) is 2.79. The lowest BCUT2D eigenvalue weighted by atomic mass is 10.2. The van der Waals surface area contributed by atoms with Crippen LogP contribution in [0.1, 0.15) is 15.9 Å². The Kier molecular flexibility index (Phi) is 10.2. The molecule has 35 heavy (non-hydrogen) atoms. The zero-order chi connectivity index (χ0) is 25.2. The van der Waals surface area contributed by atoms with Crippen LogP contribution < -0.4 is 25.6 Å². The summed E-state index contributed by atoms with van der Waals surface area (Å²) < 4.78 is 11.8. The van der Waals surface area contributed by atoms with Crippen LogP contribution in [0.2, 0.25) is 10.0 Å². The normalized spacial score (nSPS) is 10.3. The number of ether oxygens (including phenoxy) is 2. The van der Waals surface area contributed by atoms with Gasteiger partial charge in [-0.05, 0) is 70.1 Å². The largest absolute Gasteiger partial charge is 0.492 e. The smallest absolute Gasteiger partial charge is 0.276 e. The molecule has 0 fully saturated rings. The van der Waals surface area contributed by atoms with E-state index in [-0.39, 0.29) is 16.7 Å². The van der Waals surface area contributed by atoms with Crippen LogP contribution in [-0.4, -0.2) is 30.1 Å². The predicted molar refractivity (Wildman–Crippen MR) is 143 cm³/mol. The number of benzene rings is 3. The van der Waals surface area contributed by atoms with Gasteiger partial charge in [-0.3, -0.25) is 25.8 Å². The Morgan fingerprint density at radius 3 is 2.37 bits per heavy atom. The van der Waals surface area contributed by atoms with Crippen LogP contribution >= 0.6 is 51.3 Å². The van der Waals surface area contributed by atoms with Crippen LogP contribution in [0.4, 0.5) is 0 Å². The van der Waals surface area contributed by atoms with Gasteiger partial charge in [0.2, 0.25) is 0 Å². The Morgan fingerprint density at radius 1 is 0.914 bits per heavy atom. The van der Waals surface area contributed by atoms with Gasteiger partial charge >= 0.3 is 0 Å². The van der Waals surface area contributed by atoms with Gasteiger partial charge in [0.05, 0.1) is 16.1 Å². The summed E-state index contributed by atoms with van der Waals surface area (Å²) in [6, 6.07) is 19.6. The molecule has 0 aliphatic carbocycles. The van der Waals surface area contributed by atoms with E-state index in [9.17, 15) is 9.59 Å². The lowest BCUT2D eigenvalue weighted by Gasteiger charge is -2.13. The molecule has 3 N–H and O–H groups in total. The molecule has 0 aliphatic rings. The summed E-state index contributed by atoms with van der Waals surface area (Å²) in [7, 11) is 0. The van der Waals surface area contributed by atoms with E-state index in [4.69, 9.17) is 44.9 Å². The van der Waals surface area contributed by atoms with E-state index in [1.165, 1.54) is 11.6 Å². The molecule has 7 nitrogen and oxygen atoms in total. The van der Waals surface area contributed by atoms with Crippen LogP contribution in [0.3, 0.4) is 0 Å². The maximum Gasteiger partial charge on any atom is 0.276 e. The minimum Gasteiger partial charge on any atom is -0.492 e. The van der Waals surface area contributed by atoms with Crippen molar-refractivity contribution in [1.29, 1.82) is 0 Å².